The van der Waals surface area contributed by atoms with Crippen molar-refractivity contribution in [2.45, 2.75) is 18.6 Å². The van der Waals surface area contributed by atoms with Crippen molar-refractivity contribution in [1.29, 1.82) is 0 Å². The highest BCUT2D eigenvalue weighted by Crippen LogP contribution is 2.20. The minimum absolute atomic E-state index is 0.179. The second-order valence-corrected chi connectivity index (χ2v) is 5.62. The summed E-state index contributed by atoms with van der Waals surface area (Å²) in [4.78, 5) is 4.20. The van der Waals surface area contributed by atoms with E-state index in [4.69, 9.17) is 10.5 Å². The number of methoxy groups -OCH3 is 1. The topological polar surface area (TPSA) is 77.2 Å². The van der Waals surface area contributed by atoms with E-state index in [0.29, 0.717) is 17.4 Å². The van der Waals surface area contributed by atoms with Crippen molar-refractivity contribution in [3.8, 4) is 5.88 Å². The zero-order chi connectivity index (χ0) is 12.8. The van der Waals surface area contributed by atoms with Gasteiger partial charge in [-0.05, 0) is 18.6 Å². The molecule has 0 saturated carbocycles. The molecular weight excluding hydrogens is 238 g/mol. The summed E-state index contributed by atoms with van der Waals surface area (Å²) < 4.78 is 16.2. The van der Waals surface area contributed by atoms with Crippen LogP contribution >= 0.6 is 0 Å². The molecule has 0 amide bonds. The third kappa shape index (κ3) is 4.22. The van der Waals surface area contributed by atoms with Crippen LogP contribution in [-0.4, -0.2) is 34.4 Å². The molecule has 1 heterocycles. The molecule has 0 spiro atoms. The fourth-order valence-corrected chi connectivity index (χ4v) is 1.73. The molecule has 0 radical (unpaired) electrons. The molecule has 0 aliphatic carbocycles. The normalized spacial score (nSPS) is 14.1. The molecule has 6 heteroatoms. The van der Waals surface area contributed by atoms with Crippen LogP contribution in [0.5, 0.6) is 5.88 Å². The van der Waals surface area contributed by atoms with Crippen molar-refractivity contribution in [2.24, 2.45) is 0 Å². The molecule has 2 unspecified atom stereocenters. The first-order valence-electron chi connectivity index (χ1n) is 5.41. The highest BCUT2D eigenvalue weighted by Gasteiger charge is 2.06. The van der Waals surface area contributed by atoms with Gasteiger partial charge in [0.15, 0.2) is 0 Å². The predicted molar refractivity (Wildman–Crippen MR) is 71.8 cm³/mol. The Balaban J connectivity index is 2.49. The highest BCUT2D eigenvalue weighted by atomic mass is 32.2. The number of anilines is 2. The third-order valence-corrected chi connectivity index (χ3v) is 3.88. The van der Waals surface area contributed by atoms with Crippen molar-refractivity contribution in [3.05, 3.63) is 12.1 Å². The first-order chi connectivity index (χ1) is 8.04. The Hall–Kier alpha value is -1.30. The minimum atomic E-state index is -0.783. The van der Waals surface area contributed by atoms with Crippen LogP contribution in [0.2, 0.25) is 0 Å². The van der Waals surface area contributed by atoms with Crippen LogP contribution < -0.4 is 15.8 Å². The molecule has 5 nitrogen and oxygen atoms in total. The molecule has 0 aromatic carbocycles. The standard InChI is InChI=1S/C11H19N3O2S/c1-8(17(3)15)6-7-13-10-5-4-9(12)11(14-10)16-2/h4-5,8H,6-7,12H2,1-3H3,(H,13,14). The number of nitrogen functional groups attached to an aromatic ring is 1. The summed E-state index contributed by atoms with van der Waals surface area (Å²) in [5, 5.41) is 3.33. The van der Waals surface area contributed by atoms with E-state index in [1.807, 2.05) is 6.92 Å². The maximum Gasteiger partial charge on any atom is 0.238 e. The van der Waals surface area contributed by atoms with Gasteiger partial charge in [-0.1, -0.05) is 6.92 Å². The lowest BCUT2D eigenvalue weighted by atomic mass is 10.3. The first-order valence-corrected chi connectivity index (χ1v) is 7.03. The van der Waals surface area contributed by atoms with E-state index < -0.39 is 10.8 Å². The van der Waals surface area contributed by atoms with Gasteiger partial charge in [0.1, 0.15) is 5.82 Å². The van der Waals surface area contributed by atoms with Crippen LogP contribution in [0.15, 0.2) is 12.1 Å². The maximum absolute atomic E-state index is 11.2. The smallest absolute Gasteiger partial charge is 0.238 e. The van der Waals surface area contributed by atoms with E-state index in [9.17, 15) is 4.21 Å². The quantitative estimate of drug-likeness (QED) is 0.802. The Kier molecular flexibility index (Phi) is 5.21. The lowest BCUT2D eigenvalue weighted by Gasteiger charge is -2.11. The van der Waals surface area contributed by atoms with E-state index in [0.717, 1.165) is 13.0 Å². The number of hydrogen-bond donors (Lipinski definition) is 2. The molecule has 2 atom stereocenters. The van der Waals surface area contributed by atoms with Crippen LogP contribution in [-0.2, 0) is 10.8 Å². The molecule has 0 aliphatic rings. The van der Waals surface area contributed by atoms with Crippen molar-refractivity contribution < 1.29 is 8.95 Å². The zero-order valence-electron chi connectivity index (χ0n) is 10.4. The number of aromatic nitrogens is 1. The Labute approximate surface area is 104 Å². The van der Waals surface area contributed by atoms with E-state index in [1.54, 1.807) is 18.4 Å². The summed E-state index contributed by atoms with van der Waals surface area (Å²) in [6.45, 7) is 2.69. The maximum atomic E-state index is 11.2. The summed E-state index contributed by atoms with van der Waals surface area (Å²) >= 11 is 0. The first kappa shape index (κ1) is 13.8. The lowest BCUT2D eigenvalue weighted by Crippen LogP contribution is -2.15. The second kappa shape index (κ2) is 6.44. The van der Waals surface area contributed by atoms with Gasteiger partial charge in [0.25, 0.3) is 0 Å². The Morgan fingerprint density at radius 1 is 1.59 bits per heavy atom. The molecule has 17 heavy (non-hydrogen) atoms. The summed E-state index contributed by atoms with van der Waals surface area (Å²) in [6.07, 6.45) is 2.55. The highest BCUT2D eigenvalue weighted by molar-refractivity contribution is 7.84. The molecular formula is C11H19N3O2S. The van der Waals surface area contributed by atoms with Crippen molar-refractivity contribution in [2.75, 3.05) is 31.0 Å². The van der Waals surface area contributed by atoms with Gasteiger partial charge >= 0.3 is 0 Å². The molecule has 0 aliphatic heterocycles. The van der Waals surface area contributed by atoms with Crippen molar-refractivity contribution in [1.82, 2.24) is 4.98 Å². The van der Waals surface area contributed by atoms with Crippen molar-refractivity contribution in [3.63, 3.8) is 0 Å². The summed E-state index contributed by atoms with van der Waals surface area (Å²) in [5.41, 5.74) is 6.18. The third-order valence-electron chi connectivity index (χ3n) is 2.51. The van der Waals surface area contributed by atoms with Crippen LogP contribution in [0.25, 0.3) is 0 Å². The van der Waals surface area contributed by atoms with Gasteiger partial charge < -0.3 is 15.8 Å². The average molecular weight is 257 g/mol. The molecule has 0 fully saturated rings. The molecule has 1 aromatic heterocycles. The molecule has 96 valence electrons. The van der Waals surface area contributed by atoms with E-state index in [-0.39, 0.29) is 5.25 Å². The van der Waals surface area contributed by atoms with Crippen LogP contribution in [0.1, 0.15) is 13.3 Å². The van der Waals surface area contributed by atoms with Gasteiger partial charge in [-0.3, -0.25) is 4.21 Å². The second-order valence-electron chi connectivity index (χ2n) is 3.82. The van der Waals surface area contributed by atoms with E-state index in [1.165, 1.54) is 7.11 Å². The summed E-state index contributed by atoms with van der Waals surface area (Å²) in [5.74, 6) is 1.13. The van der Waals surface area contributed by atoms with E-state index >= 15 is 0 Å². The lowest BCUT2D eigenvalue weighted by molar-refractivity contribution is 0.401. The van der Waals surface area contributed by atoms with Crippen LogP contribution in [0, 0.1) is 0 Å². The molecule has 0 saturated heterocycles. The number of hydrogen-bond acceptors (Lipinski definition) is 5. The number of nitrogens with one attached hydrogen (secondary N) is 1. The van der Waals surface area contributed by atoms with E-state index in [2.05, 4.69) is 10.3 Å². The number of ether oxygens (including phenoxy) is 1. The van der Waals surface area contributed by atoms with Gasteiger partial charge in [0.05, 0.1) is 12.8 Å². The summed E-state index contributed by atoms with van der Waals surface area (Å²) in [6, 6.07) is 3.54. The fourth-order valence-electron chi connectivity index (χ4n) is 1.28. The van der Waals surface area contributed by atoms with Gasteiger partial charge in [0.2, 0.25) is 5.88 Å². The van der Waals surface area contributed by atoms with Gasteiger partial charge in [0, 0.05) is 28.9 Å². The molecule has 0 bridgehead atoms. The molecule has 3 N–H and O–H groups in total. The SMILES string of the molecule is COc1nc(NCCC(C)S(C)=O)ccc1N. The van der Waals surface area contributed by atoms with Crippen molar-refractivity contribution >= 4 is 22.3 Å². The number of nitrogens with zero attached hydrogens (tertiary/aromatic N) is 1. The number of nitrogens with two attached hydrogens (primary N) is 1. The fraction of sp³-hybridized carbons (Fsp3) is 0.545. The van der Waals surface area contributed by atoms with Gasteiger partial charge in [-0.15, -0.1) is 0 Å². The number of rotatable bonds is 6. The Morgan fingerprint density at radius 3 is 2.88 bits per heavy atom. The predicted octanol–water partition coefficient (Wildman–Crippen LogP) is 1.24. The monoisotopic (exact) mass is 257 g/mol. The minimum Gasteiger partial charge on any atom is -0.479 e. The number of pyridine rings is 1. The Bertz CT molecular complexity index is 398. The zero-order valence-corrected chi connectivity index (χ0v) is 11.2. The van der Waals surface area contributed by atoms with Gasteiger partial charge in [-0.2, -0.15) is 4.98 Å². The van der Waals surface area contributed by atoms with Crippen LogP contribution in [0.4, 0.5) is 11.5 Å². The largest absolute Gasteiger partial charge is 0.479 e. The molecule has 1 rings (SSSR count). The Morgan fingerprint density at radius 2 is 2.29 bits per heavy atom. The average Bonchev–Trinajstić information content (AvgIpc) is 2.31. The van der Waals surface area contributed by atoms with Crippen LogP contribution in [0.3, 0.4) is 0 Å². The summed E-state index contributed by atoms with van der Waals surface area (Å²) in [7, 11) is 0.750. The van der Waals surface area contributed by atoms with Gasteiger partial charge in [-0.25, -0.2) is 0 Å². The molecule has 1 aromatic rings.